The van der Waals surface area contributed by atoms with Crippen LogP contribution in [0.4, 0.5) is 0 Å². The second-order valence-electron chi connectivity index (χ2n) is 7.24. The topological polar surface area (TPSA) is 115 Å². The fourth-order valence-corrected chi connectivity index (χ4v) is 4.93. The van der Waals surface area contributed by atoms with Crippen LogP contribution < -0.4 is 4.72 Å². The number of aromatic nitrogens is 2. The molecule has 0 radical (unpaired) electrons. The van der Waals surface area contributed by atoms with E-state index in [4.69, 9.17) is 4.74 Å². The average molecular weight is 482 g/mol. The number of ether oxygens (including phenoxy) is 1. The lowest BCUT2D eigenvalue weighted by atomic mass is 9.91. The molecule has 1 aromatic heterocycles. The molecule has 0 aliphatic heterocycles. The summed E-state index contributed by atoms with van der Waals surface area (Å²) in [4.78, 5) is 24.9. The van der Waals surface area contributed by atoms with Gasteiger partial charge in [-0.05, 0) is 53.9 Å². The van der Waals surface area contributed by atoms with Crippen LogP contribution in [0.25, 0.3) is 11.0 Å². The Balaban J connectivity index is 1.66. The fraction of sp³-hybridized carbons (Fsp3) is 0.130. The van der Waals surface area contributed by atoms with Crippen LogP contribution in [0.5, 0.6) is 0 Å². The first-order valence-corrected chi connectivity index (χ1v) is 12.1. The Labute approximate surface area is 194 Å². The molecular formula is C23H19N3O5S2. The summed E-state index contributed by atoms with van der Waals surface area (Å²) in [6, 6.07) is 19.6. The van der Waals surface area contributed by atoms with Gasteiger partial charge in [-0.3, -0.25) is 4.79 Å². The van der Waals surface area contributed by atoms with Crippen molar-refractivity contribution >= 4 is 44.7 Å². The minimum Gasteiger partial charge on any atom is -0.465 e. The largest absolute Gasteiger partial charge is 0.465 e. The van der Waals surface area contributed by atoms with Crippen LogP contribution >= 0.6 is 11.7 Å². The van der Waals surface area contributed by atoms with E-state index in [2.05, 4.69) is 13.5 Å². The molecule has 0 aliphatic rings. The number of rotatable bonds is 7. The molecule has 1 amide bonds. The molecule has 8 nitrogen and oxygen atoms in total. The summed E-state index contributed by atoms with van der Waals surface area (Å²) in [5, 5.41) is 0. The Morgan fingerprint density at radius 1 is 0.970 bits per heavy atom. The molecule has 0 spiro atoms. The Hall–Kier alpha value is -3.63. The van der Waals surface area contributed by atoms with Gasteiger partial charge in [0.25, 0.3) is 10.0 Å². The van der Waals surface area contributed by atoms with Crippen molar-refractivity contribution < 1.29 is 22.7 Å². The number of sulfonamides is 1. The lowest BCUT2D eigenvalue weighted by Crippen LogP contribution is -2.35. The number of carbonyl (C=O) groups excluding carboxylic acids is 2. The standard InChI is InChI=1S/C23H19N3O5S2/c1-31-23(28)16-9-7-15(8-10-16)13-19(17-11-12-20-21(14-17)25-32-24-20)22(27)26-33(29,30)18-5-3-2-4-6-18/h2-12,14,19H,13H2,1H3,(H,26,27). The third kappa shape index (κ3) is 5.07. The molecule has 1 unspecified atom stereocenters. The number of nitrogens with zero attached hydrogens (tertiary/aromatic N) is 2. The number of methoxy groups -OCH3 is 1. The first-order valence-electron chi connectivity index (χ1n) is 9.88. The van der Waals surface area contributed by atoms with E-state index >= 15 is 0 Å². The summed E-state index contributed by atoms with van der Waals surface area (Å²) in [7, 11) is -2.75. The van der Waals surface area contributed by atoms with Gasteiger partial charge in [-0.2, -0.15) is 8.75 Å². The second kappa shape index (κ2) is 9.47. The first kappa shape index (κ1) is 22.6. The highest BCUT2D eigenvalue weighted by atomic mass is 32.2. The molecule has 1 heterocycles. The highest BCUT2D eigenvalue weighted by Crippen LogP contribution is 2.26. The summed E-state index contributed by atoms with van der Waals surface area (Å²) in [6.07, 6.45) is 0.209. The van der Waals surface area contributed by atoms with E-state index in [0.717, 1.165) is 17.3 Å². The molecular weight excluding hydrogens is 462 g/mol. The third-order valence-electron chi connectivity index (χ3n) is 5.10. The van der Waals surface area contributed by atoms with Crippen molar-refractivity contribution in [2.24, 2.45) is 0 Å². The Kier molecular flexibility index (Phi) is 6.47. The van der Waals surface area contributed by atoms with E-state index < -0.39 is 27.8 Å². The number of hydrogen-bond donors (Lipinski definition) is 1. The number of hydrogen-bond acceptors (Lipinski definition) is 8. The minimum atomic E-state index is -4.04. The zero-order valence-electron chi connectivity index (χ0n) is 17.5. The Bertz CT molecular complexity index is 1400. The molecule has 3 aromatic carbocycles. The van der Waals surface area contributed by atoms with Crippen LogP contribution in [0.3, 0.4) is 0 Å². The Morgan fingerprint density at radius 2 is 1.67 bits per heavy atom. The van der Waals surface area contributed by atoms with Gasteiger partial charge < -0.3 is 4.74 Å². The van der Waals surface area contributed by atoms with Crippen LogP contribution in [0.2, 0.25) is 0 Å². The summed E-state index contributed by atoms with van der Waals surface area (Å²) in [5.74, 6) is -1.96. The second-order valence-corrected chi connectivity index (χ2v) is 9.45. The highest BCUT2D eigenvalue weighted by Gasteiger charge is 2.27. The van der Waals surface area contributed by atoms with E-state index in [1.54, 1.807) is 60.7 Å². The van der Waals surface area contributed by atoms with Crippen LogP contribution in [-0.4, -0.2) is 36.2 Å². The van der Waals surface area contributed by atoms with Gasteiger partial charge in [0.2, 0.25) is 5.91 Å². The van der Waals surface area contributed by atoms with Crippen molar-refractivity contribution in [2.45, 2.75) is 17.2 Å². The number of benzene rings is 3. The average Bonchev–Trinajstić information content (AvgIpc) is 3.30. The summed E-state index contributed by atoms with van der Waals surface area (Å²) >= 11 is 1.06. The van der Waals surface area contributed by atoms with Crippen molar-refractivity contribution in [3.8, 4) is 0 Å². The zero-order valence-corrected chi connectivity index (χ0v) is 19.1. The normalized spacial score (nSPS) is 12.3. The van der Waals surface area contributed by atoms with Crippen molar-refractivity contribution in [1.82, 2.24) is 13.5 Å². The van der Waals surface area contributed by atoms with Crippen molar-refractivity contribution in [3.63, 3.8) is 0 Å². The zero-order chi connectivity index (χ0) is 23.4. The molecule has 10 heteroatoms. The van der Waals surface area contributed by atoms with E-state index in [0.29, 0.717) is 22.2 Å². The van der Waals surface area contributed by atoms with Crippen molar-refractivity contribution in [2.75, 3.05) is 7.11 Å². The number of nitrogens with one attached hydrogen (secondary N) is 1. The molecule has 1 atom stereocenters. The molecule has 0 saturated carbocycles. The summed E-state index contributed by atoms with van der Waals surface area (Å²) < 4.78 is 40.8. The molecule has 168 valence electrons. The Morgan fingerprint density at radius 3 is 2.36 bits per heavy atom. The minimum absolute atomic E-state index is 0.00122. The first-order chi connectivity index (χ1) is 15.9. The molecule has 0 fully saturated rings. The van der Waals surface area contributed by atoms with Crippen molar-refractivity contribution in [3.05, 3.63) is 89.5 Å². The van der Waals surface area contributed by atoms with Crippen molar-refractivity contribution in [1.29, 1.82) is 0 Å². The number of esters is 1. The SMILES string of the molecule is COC(=O)c1ccc(CC(C(=O)NS(=O)(=O)c2ccccc2)c2ccc3nsnc3c2)cc1. The van der Waals surface area contributed by atoms with Gasteiger partial charge in [0.05, 0.1) is 35.2 Å². The summed E-state index contributed by atoms with van der Waals surface area (Å²) in [5.41, 5.74) is 3.05. The van der Waals surface area contributed by atoms with E-state index in [1.807, 2.05) is 0 Å². The summed E-state index contributed by atoms with van der Waals surface area (Å²) in [6.45, 7) is 0. The fourth-order valence-electron chi connectivity index (χ4n) is 3.37. The number of amides is 1. The maximum atomic E-state index is 13.2. The molecule has 0 bridgehead atoms. The van der Waals surface area contributed by atoms with E-state index in [1.165, 1.54) is 19.2 Å². The van der Waals surface area contributed by atoms with E-state index in [-0.39, 0.29) is 11.3 Å². The number of fused-ring (bicyclic) bond motifs is 1. The van der Waals surface area contributed by atoms with Crippen LogP contribution in [0.1, 0.15) is 27.4 Å². The van der Waals surface area contributed by atoms with Gasteiger partial charge in [-0.25, -0.2) is 17.9 Å². The molecule has 0 aliphatic carbocycles. The molecule has 4 aromatic rings. The van der Waals surface area contributed by atoms with Gasteiger partial charge in [0.1, 0.15) is 11.0 Å². The van der Waals surface area contributed by atoms with Gasteiger partial charge in [-0.15, -0.1) is 0 Å². The highest BCUT2D eigenvalue weighted by molar-refractivity contribution is 7.90. The molecule has 1 N–H and O–H groups in total. The van der Waals surface area contributed by atoms with E-state index in [9.17, 15) is 18.0 Å². The maximum Gasteiger partial charge on any atom is 0.337 e. The molecule has 4 rings (SSSR count). The predicted molar refractivity (Wildman–Crippen MR) is 123 cm³/mol. The predicted octanol–water partition coefficient (Wildman–Crippen LogP) is 3.31. The van der Waals surface area contributed by atoms with Gasteiger partial charge in [0, 0.05) is 0 Å². The van der Waals surface area contributed by atoms with Gasteiger partial charge >= 0.3 is 5.97 Å². The molecule has 33 heavy (non-hydrogen) atoms. The smallest absolute Gasteiger partial charge is 0.337 e. The maximum absolute atomic E-state index is 13.2. The quantitative estimate of drug-likeness (QED) is 0.403. The third-order valence-corrected chi connectivity index (χ3v) is 7.02. The lowest BCUT2D eigenvalue weighted by Gasteiger charge is -2.18. The lowest BCUT2D eigenvalue weighted by molar-refractivity contribution is -0.120. The van der Waals surface area contributed by atoms with Crippen LogP contribution in [0, 0.1) is 0 Å². The monoisotopic (exact) mass is 481 g/mol. The van der Waals surface area contributed by atoms with Crippen LogP contribution in [-0.2, 0) is 26.0 Å². The van der Waals surface area contributed by atoms with Gasteiger partial charge in [0.15, 0.2) is 0 Å². The van der Waals surface area contributed by atoms with Gasteiger partial charge in [-0.1, -0.05) is 36.4 Å². The van der Waals surface area contributed by atoms with Crippen LogP contribution in [0.15, 0.2) is 77.7 Å². The number of carbonyl (C=O) groups is 2. The molecule has 0 saturated heterocycles.